The highest BCUT2D eigenvalue weighted by Crippen LogP contribution is 2.49. The van der Waals surface area contributed by atoms with Gasteiger partial charge in [-0.3, -0.25) is 0 Å². The van der Waals surface area contributed by atoms with E-state index in [1.807, 2.05) is 20.8 Å². The van der Waals surface area contributed by atoms with Crippen molar-refractivity contribution in [3.63, 3.8) is 0 Å². The molecule has 0 unspecified atom stereocenters. The minimum absolute atomic E-state index is 0.0464. The molecule has 18 heavy (non-hydrogen) atoms. The third-order valence-corrected chi connectivity index (χ3v) is 4.14. The Bertz CT molecular complexity index is 476. The number of phenols is 1. The number of aromatic hydroxyl groups is 1. The molecule has 0 bridgehead atoms. The summed E-state index contributed by atoms with van der Waals surface area (Å²) in [5.41, 5.74) is 2.18. The molecule has 0 heterocycles. The molecule has 0 aromatic heterocycles. The fraction of sp³-hybridized carbons (Fsp3) is 0.333. The standard InChI is InChI=1S/C12H12Cl4O2/c1-5(2)6(3)4-18-12-9(15)7(13)11(17)8(14)10(12)16/h17H,4H2,1-3H3. The van der Waals surface area contributed by atoms with Crippen molar-refractivity contribution >= 4 is 46.4 Å². The number of rotatable bonds is 3. The van der Waals surface area contributed by atoms with Gasteiger partial charge in [0.15, 0.2) is 11.5 Å². The van der Waals surface area contributed by atoms with E-state index < -0.39 is 0 Å². The van der Waals surface area contributed by atoms with Gasteiger partial charge in [0.1, 0.15) is 26.7 Å². The van der Waals surface area contributed by atoms with Crippen molar-refractivity contribution < 1.29 is 9.84 Å². The third kappa shape index (κ3) is 3.18. The summed E-state index contributed by atoms with van der Waals surface area (Å²) < 4.78 is 5.51. The summed E-state index contributed by atoms with van der Waals surface area (Å²) in [5.74, 6) is -0.175. The highest BCUT2D eigenvalue weighted by molar-refractivity contribution is 6.50. The van der Waals surface area contributed by atoms with Crippen molar-refractivity contribution in [1.82, 2.24) is 0 Å². The summed E-state index contributed by atoms with van der Waals surface area (Å²) in [5, 5.41) is 9.51. The number of ether oxygens (including phenoxy) is 1. The topological polar surface area (TPSA) is 29.5 Å². The van der Waals surface area contributed by atoms with Crippen LogP contribution in [0.2, 0.25) is 20.1 Å². The van der Waals surface area contributed by atoms with Crippen molar-refractivity contribution in [3.8, 4) is 11.5 Å². The average molecular weight is 330 g/mol. The van der Waals surface area contributed by atoms with Crippen LogP contribution in [0, 0.1) is 0 Å². The predicted octanol–water partition coefficient (Wildman–Crippen LogP) is 5.74. The van der Waals surface area contributed by atoms with Gasteiger partial charge in [0.05, 0.1) is 0 Å². The molecule has 0 aliphatic rings. The molecule has 1 rings (SSSR count). The first-order chi connectivity index (χ1) is 8.27. The quantitative estimate of drug-likeness (QED) is 0.566. The second-order valence-corrected chi connectivity index (χ2v) is 5.51. The molecule has 0 saturated heterocycles. The highest BCUT2D eigenvalue weighted by Gasteiger charge is 2.21. The monoisotopic (exact) mass is 328 g/mol. The van der Waals surface area contributed by atoms with Crippen LogP contribution in [0.15, 0.2) is 11.1 Å². The number of benzene rings is 1. The molecule has 0 aliphatic heterocycles. The predicted molar refractivity (Wildman–Crippen MR) is 77.7 cm³/mol. The number of halogens is 4. The van der Waals surface area contributed by atoms with Gasteiger partial charge in [-0.25, -0.2) is 0 Å². The molecule has 0 fully saturated rings. The van der Waals surface area contributed by atoms with Crippen molar-refractivity contribution in [1.29, 1.82) is 0 Å². The minimum atomic E-state index is -0.348. The van der Waals surface area contributed by atoms with Crippen LogP contribution in [-0.2, 0) is 0 Å². The second-order valence-electron chi connectivity index (χ2n) is 4.00. The van der Waals surface area contributed by atoms with Gasteiger partial charge in [0.2, 0.25) is 0 Å². The van der Waals surface area contributed by atoms with E-state index in [1.165, 1.54) is 0 Å². The molecule has 0 aliphatic carbocycles. The van der Waals surface area contributed by atoms with Gasteiger partial charge in [-0.1, -0.05) is 52.0 Å². The Labute approximate surface area is 126 Å². The van der Waals surface area contributed by atoms with Crippen molar-refractivity contribution in [2.24, 2.45) is 0 Å². The molecule has 1 aromatic rings. The zero-order valence-corrected chi connectivity index (χ0v) is 13.1. The van der Waals surface area contributed by atoms with E-state index in [1.54, 1.807) is 0 Å². The van der Waals surface area contributed by atoms with E-state index in [0.29, 0.717) is 6.61 Å². The number of hydrogen-bond donors (Lipinski definition) is 1. The van der Waals surface area contributed by atoms with Gasteiger partial charge in [-0.2, -0.15) is 0 Å². The van der Waals surface area contributed by atoms with E-state index in [-0.39, 0.29) is 31.6 Å². The molecular formula is C12H12Cl4O2. The van der Waals surface area contributed by atoms with E-state index in [9.17, 15) is 5.11 Å². The second kappa shape index (κ2) is 6.25. The normalized spacial score (nSPS) is 10.4. The minimum Gasteiger partial charge on any atom is -0.505 e. The molecule has 2 nitrogen and oxygen atoms in total. The molecule has 0 spiro atoms. The first-order valence-electron chi connectivity index (χ1n) is 5.08. The maximum absolute atomic E-state index is 9.56. The lowest BCUT2D eigenvalue weighted by Crippen LogP contribution is -2.01. The zero-order chi connectivity index (χ0) is 14.0. The molecular weight excluding hydrogens is 318 g/mol. The Morgan fingerprint density at radius 1 is 0.944 bits per heavy atom. The van der Waals surface area contributed by atoms with Gasteiger partial charge in [0.25, 0.3) is 0 Å². The Balaban J connectivity index is 3.15. The van der Waals surface area contributed by atoms with Crippen LogP contribution in [0.25, 0.3) is 0 Å². The van der Waals surface area contributed by atoms with Gasteiger partial charge in [0, 0.05) is 0 Å². The lowest BCUT2D eigenvalue weighted by molar-refractivity contribution is 0.350. The van der Waals surface area contributed by atoms with E-state index >= 15 is 0 Å². The van der Waals surface area contributed by atoms with Crippen LogP contribution in [-0.4, -0.2) is 11.7 Å². The number of allylic oxidation sites excluding steroid dienone is 1. The van der Waals surface area contributed by atoms with Gasteiger partial charge >= 0.3 is 0 Å². The van der Waals surface area contributed by atoms with Crippen molar-refractivity contribution in [2.75, 3.05) is 6.61 Å². The smallest absolute Gasteiger partial charge is 0.160 e. The summed E-state index contributed by atoms with van der Waals surface area (Å²) in [6.07, 6.45) is 0. The fourth-order valence-electron chi connectivity index (χ4n) is 1.05. The molecule has 0 saturated carbocycles. The van der Waals surface area contributed by atoms with Crippen LogP contribution >= 0.6 is 46.4 Å². The lowest BCUT2D eigenvalue weighted by atomic mass is 10.2. The SMILES string of the molecule is CC(C)=C(C)COc1c(Cl)c(Cl)c(O)c(Cl)c1Cl. The van der Waals surface area contributed by atoms with Gasteiger partial charge in [-0.15, -0.1) is 0 Å². The summed E-state index contributed by atoms with van der Waals surface area (Å²) in [4.78, 5) is 0. The Kier molecular flexibility index (Phi) is 5.47. The highest BCUT2D eigenvalue weighted by atomic mass is 35.5. The number of phenolic OH excluding ortho intramolecular Hbond substituents is 1. The van der Waals surface area contributed by atoms with Crippen LogP contribution in [0.4, 0.5) is 0 Å². The van der Waals surface area contributed by atoms with Crippen LogP contribution in [0.5, 0.6) is 11.5 Å². The summed E-state index contributed by atoms with van der Waals surface area (Å²) in [6, 6.07) is 0. The lowest BCUT2D eigenvalue weighted by Gasteiger charge is -2.14. The van der Waals surface area contributed by atoms with Crippen LogP contribution in [0.1, 0.15) is 20.8 Å². The van der Waals surface area contributed by atoms with E-state index in [2.05, 4.69) is 0 Å². The molecule has 1 aromatic carbocycles. The summed E-state index contributed by atoms with van der Waals surface area (Å²) in [7, 11) is 0. The van der Waals surface area contributed by atoms with E-state index in [0.717, 1.165) is 11.1 Å². The van der Waals surface area contributed by atoms with Gasteiger partial charge in [-0.05, 0) is 26.3 Å². The van der Waals surface area contributed by atoms with Crippen LogP contribution in [0.3, 0.4) is 0 Å². The molecule has 6 heteroatoms. The molecule has 1 N–H and O–H groups in total. The van der Waals surface area contributed by atoms with Crippen molar-refractivity contribution in [3.05, 3.63) is 31.2 Å². The zero-order valence-electron chi connectivity index (χ0n) is 10.1. The van der Waals surface area contributed by atoms with Crippen molar-refractivity contribution in [2.45, 2.75) is 20.8 Å². The third-order valence-electron chi connectivity index (χ3n) is 2.49. The maximum atomic E-state index is 9.56. The number of hydrogen-bond acceptors (Lipinski definition) is 2. The Morgan fingerprint density at radius 2 is 1.39 bits per heavy atom. The van der Waals surface area contributed by atoms with Gasteiger partial charge < -0.3 is 9.84 Å². The summed E-state index contributed by atoms with van der Waals surface area (Å²) >= 11 is 23.6. The molecule has 0 amide bonds. The first kappa shape index (κ1) is 15.8. The first-order valence-corrected chi connectivity index (χ1v) is 6.59. The average Bonchev–Trinajstić information content (AvgIpc) is 2.33. The largest absolute Gasteiger partial charge is 0.505 e. The Hall–Kier alpha value is -0.280. The summed E-state index contributed by atoms with van der Waals surface area (Å²) in [6.45, 7) is 6.19. The molecule has 100 valence electrons. The van der Waals surface area contributed by atoms with E-state index in [4.69, 9.17) is 51.1 Å². The maximum Gasteiger partial charge on any atom is 0.160 e. The molecule has 0 radical (unpaired) electrons. The fourth-order valence-corrected chi connectivity index (χ4v) is 1.99. The Morgan fingerprint density at radius 3 is 1.78 bits per heavy atom. The van der Waals surface area contributed by atoms with Crippen LogP contribution < -0.4 is 4.74 Å². The molecule has 0 atom stereocenters.